The number of amides is 2. The van der Waals surface area contributed by atoms with Crippen molar-refractivity contribution in [3.05, 3.63) is 64.0 Å². The molecular weight excluding hydrogens is 393 g/mol. The van der Waals surface area contributed by atoms with Crippen molar-refractivity contribution in [2.24, 2.45) is 0 Å². The summed E-state index contributed by atoms with van der Waals surface area (Å²) in [5.41, 5.74) is 2.24. The van der Waals surface area contributed by atoms with Crippen molar-refractivity contribution in [2.75, 3.05) is 10.6 Å². The summed E-state index contributed by atoms with van der Waals surface area (Å²) in [5.74, 6) is 0.205. The van der Waals surface area contributed by atoms with Gasteiger partial charge in [-0.15, -0.1) is 16.4 Å². The first-order chi connectivity index (χ1) is 12.6. The normalized spacial score (nSPS) is 10.8. The maximum absolute atomic E-state index is 12.1. The van der Waals surface area contributed by atoms with Crippen LogP contribution in [0.5, 0.6) is 0 Å². The molecule has 0 aliphatic carbocycles. The molecule has 2 N–H and O–H groups in total. The van der Waals surface area contributed by atoms with Crippen LogP contribution in [0.1, 0.15) is 0 Å². The lowest BCUT2D eigenvalue weighted by molar-refractivity contribution is 0.262. The standard InChI is InChI=1S/C17H11Cl2N5OS/c18-10-6-7-12(13(19)8-10)14-9-26-17-22-15(23-24(14)17)21-16(25)20-11-4-2-1-3-5-11/h1-9H,(H2,20,21,23,25). The fraction of sp³-hybridized carbons (Fsp3) is 0. The summed E-state index contributed by atoms with van der Waals surface area (Å²) in [6.45, 7) is 0. The van der Waals surface area contributed by atoms with Gasteiger partial charge in [-0.1, -0.05) is 41.4 Å². The van der Waals surface area contributed by atoms with Gasteiger partial charge in [0.05, 0.1) is 10.7 Å². The third-order valence-electron chi connectivity index (χ3n) is 3.55. The molecular formula is C17H11Cl2N5OS. The number of carbonyl (C=O) groups is 1. The molecule has 4 rings (SSSR count). The molecule has 0 fully saturated rings. The van der Waals surface area contributed by atoms with Gasteiger partial charge in [0.2, 0.25) is 4.96 Å². The summed E-state index contributed by atoms with van der Waals surface area (Å²) in [4.78, 5) is 17.0. The summed E-state index contributed by atoms with van der Waals surface area (Å²) in [6, 6.07) is 14.0. The molecule has 0 radical (unpaired) electrons. The van der Waals surface area contributed by atoms with Crippen molar-refractivity contribution in [1.82, 2.24) is 14.6 Å². The van der Waals surface area contributed by atoms with Crippen molar-refractivity contribution in [3.63, 3.8) is 0 Å². The summed E-state index contributed by atoms with van der Waals surface area (Å²) in [6.07, 6.45) is 0. The summed E-state index contributed by atoms with van der Waals surface area (Å²) >= 11 is 13.6. The largest absolute Gasteiger partial charge is 0.326 e. The number of anilines is 2. The molecule has 9 heteroatoms. The number of halogens is 2. The lowest BCUT2D eigenvalue weighted by atomic mass is 10.2. The van der Waals surface area contributed by atoms with E-state index in [1.54, 1.807) is 28.8 Å². The Morgan fingerprint density at radius 1 is 1.08 bits per heavy atom. The third-order valence-corrected chi connectivity index (χ3v) is 4.91. The number of aromatic nitrogens is 3. The Morgan fingerprint density at radius 3 is 2.65 bits per heavy atom. The maximum Gasteiger partial charge on any atom is 0.326 e. The van der Waals surface area contributed by atoms with E-state index in [2.05, 4.69) is 20.7 Å². The van der Waals surface area contributed by atoms with Gasteiger partial charge in [-0.25, -0.2) is 9.31 Å². The lowest BCUT2D eigenvalue weighted by Gasteiger charge is -2.04. The zero-order valence-corrected chi connectivity index (χ0v) is 15.4. The number of nitrogens with one attached hydrogen (secondary N) is 2. The second-order valence-corrected chi connectivity index (χ2v) is 7.00. The molecule has 4 aromatic rings. The Balaban J connectivity index is 1.59. The third kappa shape index (κ3) is 3.37. The molecule has 130 valence electrons. The first-order valence-electron chi connectivity index (χ1n) is 7.53. The van der Waals surface area contributed by atoms with Gasteiger partial charge in [-0.2, -0.15) is 4.98 Å². The predicted molar refractivity (Wildman–Crippen MR) is 105 cm³/mol. The van der Waals surface area contributed by atoms with Gasteiger partial charge in [0.25, 0.3) is 5.95 Å². The molecule has 0 bridgehead atoms. The van der Waals surface area contributed by atoms with Crippen LogP contribution in [0.2, 0.25) is 10.0 Å². The molecule has 26 heavy (non-hydrogen) atoms. The minimum atomic E-state index is -0.416. The second-order valence-electron chi connectivity index (χ2n) is 5.32. The number of para-hydroxylation sites is 1. The molecule has 0 aliphatic heterocycles. The van der Waals surface area contributed by atoms with Gasteiger partial charge >= 0.3 is 6.03 Å². The fourth-order valence-corrected chi connectivity index (χ4v) is 3.73. The van der Waals surface area contributed by atoms with E-state index in [-0.39, 0.29) is 5.95 Å². The number of hydrogen-bond acceptors (Lipinski definition) is 4. The molecule has 2 aromatic carbocycles. The molecule has 0 saturated heterocycles. The summed E-state index contributed by atoms with van der Waals surface area (Å²) in [5, 5.41) is 12.7. The zero-order valence-electron chi connectivity index (χ0n) is 13.1. The van der Waals surface area contributed by atoms with Crippen LogP contribution in [-0.2, 0) is 0 Å². The SMILES string of the molecule is O=C(Nc1ccccc1)Nc1nc2scc(-c3ccc(Cl)cc3Cl)n2n1. The van der Waals surface area contributed by atoms with Crippen molar-refractivity contribution < 1.29 is 4.79 Å². The average Bonchev–Trinajstić information content (AvgIpc) is 3.16. The van der Waals surface area contributed by atoms with Crippen LogP contribution in [0.4, 0.5) is 16.4 Å². The Kier molecular flexibility index (Phi) is 4.50. The van der Waals surface area contributed by atoms with Crippen molar-refractivity contribution in [1.29, 1.82) is 0 Å². The number of benzene rings is 2. The highest BCUT2D eigenvalue weighted by atomic mass is 35.5. The molecule has 6 nitrogen and oxygen atoms in total. The number of nitrogens with zero attached hydrogens (tertiary/aromatic N) is 3. The van der Waals surface area contributed by atoms with Gasteiger partial charge in [0, 0.05) is 21.7 Å². The minimum Gasteiger partial charge on any atom is -0.308 e. The first kappa shape index (κ1) is 16.8. The van der Waals surface area contributed by atoms with Crippen LogP contribution < -0.4 is 10.6 Å². The summed E-state index contributed by atoms with van der Waals surface area (Å²) < 4.78 is 1.64. The first-order valence-corrected chi connectivity index (χ1v) is 9.16. The quantitative estimate of drug-likeness (QED) is 0.480. The Morgan fingerprint density at radius 2 is 1.88 bits per heavy atom. The van der Waals surface area contributed by atoms with E-state index in [0.717, 1.165) is 11.3 Å². The second kappa shape index (κ2) is 6.95. The van der Waals surface area contributed by atoms with E-state index in [1.165, 1.54) is 11.3 Å². The van der Waals surface area contributed by atoms with E-state index in [0.29, 0.717) is 20.7 Å². The van der Waals surface area contributed by atoms with E-state index in [9.17, 15) is 4.79 Å². The van der Waals surface area contributed by atoms with Crippen LogP contribution in [0.15, 0.2) is 53.9 Å². The van der Waals surface area contributed by atoms with Gasteiger partial charge in [-0.3, -0.25) is 5.32 Å². The highest BCUT2D eigenvalue weighted by Gasteiger charge is 2.15. The Labute approximate surface area is 162 Å². The van der Waals surface area contributed by atoms with Gasteiger partial charge in [-0.05, 0) is 30.3 Å². The van der Waals surface area contributed by atoms with E-state index in [1.807, 2.05) is 29.6 Å². The van der Waals surface area contributed by atoms with E-state index >= 15 is 0 Å². The molecule has 2 amide bonds. The summed E-state index contributed by atoms with van der Waals surface area (Å²) in [7, 11) is 0. The average molecular weight is 404 g/mol. The van der Waals surface area contributed by atoms with Crippen LogP contribution in [-0.4, -0.2) is 20.6 Å². The molecule has 2 heterocycles. The predicted octanol–water partition coefficient (Wildman–Crippen LogP) is 5.41. The number of hydrogen-bond donors (Lipinski definition) is 2. The van der Waals surface area contributed by atoms with Gasteiger partial charge in [0.1, 0.15) is 0 Å². The number of fused-ring (bicyclic) bond motifs is 1. The van der Waals surface area contributed by atoms with Crippen molar-refractivity contribution in [3.8, 4) is 11.3 Å². The van der Waals surface area contributed by atoms with Crippen LogP contribution in [0.3, 0.4) is 0 Å². The van der Waals surface area contributed by atoms with E-state index < -0.39 is 6.03 Å². The molecule has 2 aromatic heterocycles. The number of urea groups is 1. The molecule has 0 spiro atoms. The Bertz CT molecular complexity index is 1090. The maximum atomic E-state index is 12.1. The van der Waals surface area contributed by atoms with Crippen LogP contribution >= 0.6 is 34.5 Å². The van der Waals surface area contributed by atoms with Crippen LogP contribution in [0, 0.1) is 0 Å². The smallest absolute Gasteiger partial charge is 0.308 e. The van der Waals surface area contributed by atoms with E-state index in [4.69, 9.17) is 23.2 Å². The number of rotatable bonds is 3. The highest BCUT2D eigenvalue weighted by Crippen LogP contribution is 2.33. The molecule has 0 saturated carbocycles. The van der Waals surface area contributed by atoms with Gasteiger partial charge < -0.3 is 5.32 Å². The molecule has 0 atom stereocenters. The lowest BCUT2D eigenvalue weighted by Crippen LogP contribution is -2.20. The number of carbonyl (C=O) groups excluding carboxylic acids is 1. The van der Waals surface area contributed by atoms with Crippen molar-refractivity contribution >= 4 is 57.2 Å². The highest BCUT2D eigenvalue weighted by molar-refractivity contribution is 7.15. The minimum absolute atomic E-state index is 0.205. The topological polar surface area (TPSA) is 71.3 Å². The zero-order chi connectivity index (χ0) is 18.1. The molecule has 0 unspecified atom stereocenters. The number of thiazole rings is 1. The fourth-order valence-electron chi connectivity index (χ4n) is 2.40. The van der Waals surface area contributed by atoms with Crippen LogP contribution in [0.25, 0.3) is 16.2 Å². The monoisotopic (exact) mass is 403 g/mol. The van der Waals surface area contributed by atoms with Gasteiger partial charge in [0.15, 0.2) is 0 Å². The Hall–Kier alpha value is -2.61. The molecule has 0 aliphatic rings. The van der Waals surface area contributed by atoms with Crippen molar-refractivity contribution in [2.45, 2.75) is 0 Å².